The van der Waals surface area contributed by atoms with Crippen LogP contribution in [-0.4, -0.2) is 15.0 Å². The molecule has 0 aliphatic rings. The highest BCUT2D eigenvalue weighted by molar-refractivity contribution is 5.48. The number of nitrogens with zero attached hydrogens (tertiary/aromatic N) is 3. The second-order valence-corrected chi connectivity index (χ2v) is 4.17. The van der Waals surface area contributed by atoms with Crippen LogP contribution in [0.5, 0.6) is 5.75 Å². The molecule has 2 rings (SSSR count). The van der Waals surface area contributed by atoms with Gasteiger partial charge in [-0.05, 0) is 29.3 Å². The van der Waals surface area contributed by atoms with Gasteiger partial charge in [-0.3, -0.25) is 10.1 Å². The molecule has 7 nitrogen and oxygen atoms in total. The molecule has 2 aromatic rings. The Morgan fingerprint density at radius 1 is 1.33 bits per heavy atom. The van der Waals surface area contributed by atoms with E-state index >= 15 is 0 Å². The van der Waals surface area contributed by atoms with Crippen molar-refractivity contribution in [1.82, 2.24) is 4.98 Å². The minimum absolute atomic E-state index is 0.0799. The molecule has 1 heterocycles. The molecule has 106 valence electrons. The van der Waals surface area contributed by atoms with Gasteiger partial charge in [-0.2, -0.15) is 5.26 Å². The number of pyridine rings is 1. The maximum absolute atomic E-state index is 11.0. The summed E-state index contributed by atoms with van der Waals surface area (Å²) < 4.78 is 5.42. The Labute approximate surface area is 120 Å². The second-order valence-electron chi connectivity index (χ2n) is 4.17. The number of nitro benzene ring substituents is 1. The summed E-state index contributed by atoms with van der Waals surface area (Å²) in [6.07, 6.45) is 1.47. The molecule has 0 spiro atoms. The van der Waals surface area contributed by atoms with Crippen LogP contribution in [0, 0.1) is 21.4 Å². The number of aliphatic hydroxyl groups is 1. The van der Waals surface area contributed by atoms with E-state index in [1.165, 1.54) is 18.3 Å². The SMILES string of the molecule is N#Cc1cc(COc2ccc(CO)cc2[N+](=O)[O-])ccn1. The second kappa shape index (κ2) is 6.45. The Hall–Kier alpha value is -2.98. The molecule has 0 radical (unpaired) electrons. The number of aliphatic hydroxyl groups excluding tert-OH is 1. The van der Waals surface area contributed by atoms with Crippen LogP contribution in [-0.2, 0) is 13.2 Å². The average Bonchev–Trinajstić information content (AvgIpc) is 2.52. The maximum atomic E-state index is 11.0. The predicted octanol–water partition coefficient (Wildman–Crippen LogP) is 1.93. The summed E-state index contributed by atoms with van der Waals surface area (Å²) in [6.45, 7) is -0.201. The number of rotatable bonds is 5. The topological polar surface area (TPSA) is 109 Å². The fraction of sp³-hybridized carbons (Fsp3) is 0.143. The van der Waals surface area contributed by atoms with Crippen molar-refractivity contribution in [2.75, 3.05) is 0 Å². The number of hydrogen-bond donors (Lipinski definition) is 1. The lowest BCUT2D eigenvalue weighted by molar-refractivity contribution is -0.386. The van der Waals surface area contributed by atoms with Crippen LogP contribution in [0.1, 0.15) is 16.8 Å². The number of aromatic nitrogens is 1. The molecule has 0 atom stereocenters. The van der Waals surface area contributed by atoms with Crippen molar-refractivity contribution in [3.05, 3.63) is 63.5 Å². The number of nitro groups is 1. The molecule has 0 fully saturated rings. The van der Waals surface area contributed by atoms with Gasteiger partial charge in [-0.25, -0.2) is 4.98 Å². The smallest absolute Gasteiger partial charge is 0.311 e. The zero-order chi connectivity index (χ0) is 15.2. The van der Waals surface area contributed by atoms with Crippen molar-refractivity contribution in [2.45, 2.75) is 13.2 Å². The minimum Gasteiger partial charge on any atom is -0.482 e. The third kappa shape index (κ3) is 3.52. The van der Waals surface area contributed by atoms with Gasteiger partial charge in [0.25, 0.3) is 0 Å². The number of ether oxygens (including phenoxy) is 1. The van der Waals surface area contributed by atoms with Gasteiger partial charge in [-0.15, -0.1) is 0 Å². The van der Waals surface area contributed by atoms with Crippen LogP contribution in [0.3, 0.4) is 0 Å². The lowest BCUT2D eigenvalue weighted by Gasteiger charge is -2.08. The van der Waals surface area contributed by atoms with Crippen molar-refractivity contribution in [3.8, 4) is 11.8 Å². The molecule has 0 bridgehead atoms. The zero-order valence-corrected chi connectivity index (χ0v) is 10.9. The molecular weight excluding hydrogens is 274 g/mol. The summed E-state index contributed by atoms with van der Waals surface area (Å²) in [7, 11) is 0. The normalized spacial score (nSPS) is 9.90. The first-order valence-electron chi connectivity index (χ1n) is 6.00. The van der Waals surface area contributed by atoms with E-state index < -0.39 is 4.92 Å². The van der Waals surface area contributed by atoms with Crippen LogP contribution in [0.15, 0.2) is 36.5 Å². The molecule has 7 heteroatoms. The van der Waals surface area contributed by atoms with Crippen molar-refractivity contribution in [3.63, 3.8) is 0 Å². The minimum atomic E-state index is -0.568. The summed E-state index contributed by atoms with van der Waals surface area (Å²) >= 11 is 0. The van der Waals surface area contributed by atoms with E-state index in [2.05, 4.69) is 4.98 Å². The zero-order valence-electron chi connectivity index (χ0n) is 10.9. The van der Waals surface area contributed by atoms with E-state index in [0.717, 1.165) is 0 Å². The molecule has 0 saturated carbocycles. The first kappa shape index (κ1) is 14.4. The Balaban J connectivity index is 2.19. The van der Waals surface area contributed by atoms with Crippen LogP contribution in [0.4, 0.5) is 5.69 Å². The molecule has 0 unspecified atom stereocenters. The summed E-state index contributed by atoms with van der Waals surface area (Å²) in [5, 5.41) is 28.7. The molecule has 0 saturated heterocycles. The third-order valence-electron chi connectivity index (χ3n) is 2.74. The molecule has 1 N–H and O–H groups in total. The largest absolute Gasteiger partial charge is 0.482 e. The van der Waals surface area contributed by atoms with E-state index in [9.17, 15) is 10.1 Å². The summed E-state index contributed by atoms with van der Waals surface area (Å²) in [5.41, 5.74) is 1.16. The molecule has 1 aromatic carbocycles. The van der Waals surface area contributed by atoms with E-state index in [1.54, 1.807) is 18.2 Å². The van der Waals surface area contributed by atoms with Gasteiger partial charge >= 0.3 is 5.69 Å². The summed E-state index contributed by atoms with van der Waals surface area (Å²) in [4.78, 5) is 14.3. The van der Waals surface area contributed by atoms with E-state index in [-0.39, 0.29) is 30.3 Å². The van der Waals surface area contributed by atoms with E-state index in [0.29, 0.717) is 11.1 Å². The van der Waals surface area contributed by atoms with Gasteiger partial charge in [0.2, 0.25) is 0 Å². The molecule has 1 aromatic heterocycles. The highest BCUT2D eigenvalue weighted by atomic mass is 16.6. The Kier molecular flexibility index (Phi) is 4.43. The molecular formula is C14H11N3O4. The van der Waals surface area contributed by atoms with E-state index in [4.69, 9.17) is 15.1 Å². The number of nitriles is 1. The van der Waals surface area contributed by atoms with Crippen LogP contribution in [0.2, 0.25) is 0 Å². The summed E-state index contributed by atoms with van der Waals surface area (Å²) in [6, 6.07) is 9.38. The van der Waals surface area contributed by atoms with Crippen molar-refractivity contribution in [1.29, 1.82) is 5.26 Å². The standard InChI is InChI=1S/C14H11N3O4/c15-7-12-5-11(3-4-16-12)9-21-14-2-1-10(8-18)6-13(14)17(19)20/h1-6,18H,8-9H2. The van der Waals surface area contributed by atoms with Gasteiger partial charge in [0, 0.05) is 12.3 Å². The fourth-order valence-corrected chi connectivity index (χ4v) is 1.71. The molecule has 0 amide bonds. The average molecular weight is 285 g/mol. The van der Waals surface area contributed by atoms with E-state index in [1.807, 2.05) is 6.07 Å². The lowest BCUT2D eigenvalue weighted by atomic mass is 10.2. The first-order chi connectivity index (χ1) is 10.1. The predicted molar refractivity (Wildman–Crippen MR) is 72.3 cm³/mol. The van der Waals surface area contributed by atoms with Crippen molar-refractivity contribution >= 4 is 5.69 Å². The quantitative estimate of drug-likeness (QED) is 0.664. The van der Waals surface area contributed by atoms with Gasteiger partial charge < -0.3 is 9.84 Å². The van der Waals surface area contributed by atoms with Gasteiger partial charge in [0.05, 0.1) is 11.5 Å². The van der Waals surface area contributed by atoms with Crippen LogP contribution in [0.25, 0.3) is 0 Å². The van der Waals surface area contributed by atoms with Crippen molar-refractivity contribution in [2.24, 2.45) is 0 Å². The molecule has 0 aliphatic carbocycles. The maximum Gasteiger partial charge on any atom is 0.311 e. The Morgan fingerprint density at radius 2 is 2.14 bits per heavy atom. The highest BCUT2D eigenvalue weighted by Gasteiger charge is 2.16. The van der Waals surface area contributed by atoms with Crippen molar-refractivity contribution < 1.29 is 14.8 Å². The first-order valence-corrected chi connectivity index (χ1v) is 6.00. The van der Waals surface area contributed by atoms with Crippen LogP contribution < -0.4 is 4.74 Å². The monoisotopic (exact) mass is 285 g/mol. The Bertz CT molecular complexity index is 710. The lowest BCUT2D eigenvalue weighted by Crippen LogP contribution is -2.01. The summed E-state index contributed by atoms with van der Waals surface area (Å²) in [5.74, 6) is 0.104. The highest BCUT2D eigenvalue weighted by Crippen LogP contribution is 2.28. The van der Waals surface area contributed by atoms with Gasteiger partial charge in [-0.1, -0.05) is 6.07 Å². The third-order valence-corrected chi connectivity index (χ3v) is 2.74. The number of benzene rings is 1. The molecule has 0 aliphatic heterocycles. The van der Waals surface area contributed by atoms with Crippen LogP contribution >= 0.6 is 0 Å². The fourth-order valence-electron chi connectivity index (χ4n) is 1.71. The molecule has 21 heavy (non-hydrogen) atoms. The van der Waals surface area contributed by atoms with Gasteiger partial charge in [0.15, 0.2) is 5.75 Å². The Morgan fingerprint density at radius 3 is 2.81 bits per heavy atom. The van der Waals surface area contributed by atoms with Gasteiger partial charge in [0.1, 0.15) is 18.4 Å². The number of hydrogen-bond acceptors (Lipinski definition) is 6.